The fourth-order valence-electron chi connectivity index (χ4n) is 1.49. The quantitative estimate of drug-likeness (QED) is 0.808. The molecule has 0 aliphatic carbocycles. The Kier molecular flexibility index (Phi) is 3.27. The molecule has 0 saturated carbocycles. The van der Waals surface area contributed by atoms with E-state index in [1.165, 1.54) is 0 Å². The normalized spacial score (nSPS) is 13.4. The maximum absolute atomic E-state index is 11.6. The second-order valence-electron chi connectivity index (χ2n) is 3.68. The first-order valence-corrected chi connectivity index (χ1v) is 5.44. The summed E-state index contributed by atoms with van der Waals surface area (Å²) in [6, 6.07) is 4.83. The lowest BCUT2D eigenvalue weighted by atomic mass is 10.1. The second-order valence-corrected chi connectivity index (χ2v) is 3.68. The first kappa shape index (κ1) is 11.4. The van der Waals surface area contributed by atoms with Crippen molar-refractivity contribution in [3.05, 3.63) is 23.8 Å². The van der Waals surface area contributed by atoms with Gasteiger partial charge >= 0.3 is 5.97 Å². The van der Waals surface area contributed by atoms with Gasteiger partial charge < -0.3 is 14.8 Å². The Morgan fingerprint density at radius 1 is 1.53 bits per heavy atom. The minimum atomic E-state index is -0.394. The summed E-state index contributed by atoms with van der Waals surface area (Å²) in [6.07, 6.45) is 0.774. The van der Waals surface area contributed by atoms with Crippen LogP contribution in [0.4, 0.5) is 5.69 Å². The average molecular weight is 235 g/mol. The summed E-state index contributed by atoms with van der Waals surface area (Å²) < 4.78 is 10.2. The van der Waals surface area contributed by atoms with E-state index >= 15 is 0 Å². The van der Waals surface area contributed by atoms with Crippen molar-refractivity contribution < 1.29 is 19.1 Å². The number of anilines is 1. The van der Waals surface area contributed by atoms with Crippen LogP contribution in [0.5, 0.6) is 5.75 Å². The van der Waals surface area contributed by atoms with E-state index in [0.29, 0.717) is 23.6 Å². The van der Waals surface area contributed by atoms with Gasteiger partial charge in [-0.25, -0.2) is 4.79 Å². The van der Waals surface area contributed by atoms with Gasteiger partial charge in [-0.05, 0) is 24.6 Å². The number of hydrogen-bond donors (Lipinski definition) is 1. The third-order valence-electron chi connectivity index (χ3n) is 2.29. The number of rotatable bonds is 3. The van der Waals surface area contributed by atoms with Crippen LogP contribution in [-0.4, -0.2) is 25.1 Å². The van der Waals surface area contributed by atoms with Gasteiger partial charge in [-0.2, -0.15) is 0 Å². The summed E-state index contributed by atoms with van der Waals surface area (Å²) >= 11 is 0. The molecule has 0 atom stereocenters. The Bertz CT molecular complexity index is 456. The van der Waals surface area contributed by atoms with Crippen LogP contribution in [0.2, 0.25) is 0 Å². The van der Waals surface area contributed by atoms with Gasteiger partial charge in [0.05, 0.1) is 17.9 Å². The fraction of sp³-hybridized carbons (Fsp3) is 0.333. The monoisotopic (exact) mass is 235 g/mol. The molecular weight excluding hydrogens is 222 g/mol. The zero-order chi connectivity index (χ0) is 12.3. The minimum absolute atomic E-state index is 0.00658. The van der Waals surface area contributed by atoms with Crippen LogP contribution in [0.3, 0.4) is 0 Å². The third-order valence-corrected chi connectivity index (χ3v) is 2.29. The van der Waals surface area contributed by atoms with Crippen molar-refractivity contribution in [2.24, 2.45) is 0 Å². The number of carbonyl (C=O) groups is 2. The van der Waals surface area contributed by atoms with Crippen LogP contribution in [-0.2, 0) is 9.53 Å². The van der Waals surface area contributed by atoms with Crippen molar-refractivity contribution in [1.29, 1.82) is 0 Å². The molecule has 1 aromatic carbocycles. The lowest BCUT2D eigenvalue weighted by molar-refractivity contribution is -0.118. The lowest BCUT2D eigenvalue weighted by Crippen LogP contribution is -2.25. The summed E-state index contributed by atoms with van der Waals surface area (Å²) in [7, 11) is 0. The second kappa shape index (κ2) is 4.86. The molecule has 90 valence electrons. The molecule has 5 heteroatoms. The predicted octanol–water partition coefficient (Wildman–Crippen LogP) is 1.58. The molecule has 0 radical (unpaired) electrons. The van der Waals surface area contributed by atoms with Gasteiger partial charge in [0.1, 0.15) is 5.75 Å². The van der Waals surface area contributed by atoms with Crippen molar-refractivity contribution >= 4 is 17.6 Å². The van der Waals surface area contributed by atoms with E-state index in [9.17, 15) is 9.59 Å². The molecule has 2 rings (SSSR count). The van der Waals surface area contributed by atoms with Crippen LogP contribution >= 0.6 is 0 Å². The van der Waals surface area contributed by atoms with Gasteiger partial charge in [-0.15, -0.1) is 0 Å². The molecule has 0 fully saturated rings. The summed E-state index contributed by atoms with van der Waals surface area (Å²) in [5, 5.41) is 2.64. The van der Waals surface area contributed by atoms with Gasteiger partial charge in [0.15, 0.2) is 6.61 Å². The van der Waals surface area contributed by atoms with Gasteiger partial charge in [-0.3, -0.25) is 4.79 Å². The Labute approximate surface area is 98.7 Å². The van der Waals surface area contributed by atoms with E-state index in [-0.39, 0.29) is 12.5 Å². The Morgan fingerprint density at radius 2 is 2.35 bits per heavy atom. The predicted molar refractivity (Wildman–Crippen MR) is 61.1 cm³/mol. The third kappa shape index (κ3) is 2.55. The first-order valence-electron chi connectivity index (χ1n) is 5.44. The van der Waals surface area contributed by atoms with Gasteiger partial charge in [0.2, 0.25) is 0 Å². The molecule has 1 aromatic rings. The smallest absolute Gasteiger partial charge is 0.338 e. The highest BCUT2D eigenvalue weighted by molar-refractivity contribution is 5.98. The molecule has 1 amide bonds. The van der Waals surface area contributed by atoms with Crippen molar-refractivity contribution in [2.75, 3.05) is 18.5 Å². The Balaban J connectivity index is 2.18. The highest BCUT2D eigenvalue weighted by atomic mass is 16.5. The van der Waals surface area contributed by atoms with E-state index in [1.54, 1.807) is 18.2 Å². The molecule has 0 saturated heterocycles. The number of nitrogens with one attached hydrogen (secondary N) is 1. The number of esters is 1. The molecule has 1 aliphatic heterocycles. The summed E-state index contributed by atoms with van der Waals surface area (Å²) in [4.78, 5) is 22.7. The fourth-order valence-corrected chi connectivity index (χ4v) is 1.49. The Morgan fingerprint density at radius 3 is 3.12 bits per heavy atom. The minimum Gasteiger partial charge on any atom is -0.482 e. The van der Waals surface area contributed by atoms with Crippen LogP contribution in [0.25, 0.3) is 0 Å². The number of carbonyl (C=O) groups excluding carboxylic acids is 2. The van der Waals surface area contributed by atoms with E-state index in [0.717, 1.165) is 6.42 Å². The molecule has 5 nitrogen and oxygen atoms in total. The number of amides is 1. The molecule has 17 heavy (non-hydrogen) atoms. The highest BCUT2D eigenvalue weighted by Crippen LogP contribution is 2.28. The number of ether oxygens (including phenoxy) is 2. The number of benzene rings is 1. The zero-order valence-electron chi connectivity index (χ0n) is 9.49. The Hall–Kier alpha value is -2.04. The number of fused-ring (bicyclic) bond motifs is 1. The molecule has 0 unspecified atom stereocenters. The van der Waals surface area contributed by atoms with Crippen molar-refractivity contribution in [3.63, 3.8) is 0 Å². The van der Waals surface area contributed by atoms with Crippen molar-refractivity contribution in [2.45, 2.75) is 13.3 Å². The average Bonchev–Trinajstić information content (AvgIpc) is 2.35. The van der Waals surface area contributed by atoms with Crippen LogP contribution in [0, 0.1) is 0 Å². The lowest BCUT2D eigenvalue weighted by Gasteiger charge is -2.18. The standard InChI is InChI=1S/C12H13NO4/c1-2-5-16-12(15)8-3-4-10-9(6-8)13-11(14)7-17-10/h3-4,6H,2,5,7H2,1H3,(H,13,14). The maximum Gasteiger partial charge on any atom is 0.338 e. The highest BCUT2D eigenvalue weighted by Gasteiger charge is 2.18. The SMILES string of the molecule is CCCOC(=O)c1ccc2c(c1)NC(=O)CO2. The van der Waals surface area contributed by atoms with Gasteiger partial charge in [0.25, 0.3) is 5.91 Å². The number of hydrogen-bond acceptors (Lipinski definition) is 4. The van der Waals surface area contributed by atoms with E-state index in [2.05, 4.69) is 5.32 Å². The van der Waals surface area contributed by atoms with Crippen LogP contribution in [0.15, 0.2) is 18.2 Å². The molecule has 1 aliphatic rings. The maximum atomic E-state index is 11.6. The van der Waals surface area contributed by atoms with Gasteiger partial charge in [0, 0.05) is 0 Å². The summed E-state index contributed by atoms with van der Waals surface area (Å²) in [6.45, 7) is 2.32. The van der Waals surface area contributed by atoms with Crippen molar-refractivity contribution in [1.82, 2.24) is 0 Å². The first-order chi connectivity index (χ1) is 8.20. The summed E-state index contributed by atoms with van der Waals surface area (Å²) in [5.41, 5.74) is 0.912. The van der Waals surface area contributed by atoms with E-state index < -0.39 is 5.97 Å². The largest absolute Gasteiger partial charge is 0.482 e. The molecule has 0 aromatic heterocycles. The van der Waals surface area contributed by atoms with Crippen LogP contribution < -0.4 is 10.1 Å². The molecular formula is C12H13NO4. The van der Waals surface area contributed by atoms with E-state index in [4.69, 9.17) is 9.47 Å². The molecule has 1 N–H and O–H groups in total. The van der Waals surface area contributed by atoms with Gasteiger partial charge in [-0.1, -0.05) is 6.92 Å². The molecule has 0 spiro atoms. The topological polar surface area (TPSA) is 64.6 Å². The van der Waals surface area contributed by atoms with Crippen LogP contribution in [0.1, 0.15) is 23.7 Å². The molecule has 1 heterocycles. The van der Waals surface area contributed by atoms with E-state index in [1.807, 2.05) is 6.92 Å². The van der Waals surface area contributed by atoms with Crippen molar-refractivity contribution in [3.8, 4) is 5.75 Å². The summed E-state index contributed by atoms with van der Waals surface area (Å²) in [5.74, 6) is -0.0531. The zero-order valence-corrected chi connectivity index (χ0v) is 9.49. The molecule has 0 bridgehead atoms.